The summed E-state index contributed by atoms with van der Waals surface area (Å²) >= 11 is 6.09. The highest BCUT2D eigenvalue weighted by molar-refractivity contribution is 6.35. The number of nitrogens with one attached hydrogen (secondary N) is 1. The fourth-order valence-electron chi connectivity index (χ4n) is 3.59. The number of aromatic nitrogens is 4. The van der Waals surface area contributed by atoms with E-state index in [0.717, 1.165) is 16.7 Å². The Morgan fingerprint density at radius 2 is 1.91 bits per heavy atom. The van der Waals surface area contributed by atoms with Gasteiger partial charge in [0.05, 0.1) is 27.7 Å². The summed E-state index contributed by atoms with van der Waals surface area (Å²) in [7, 11) is 0. The van der Waals surface area contributed by atoms with Gasteiger partial charge in [-0.25, -0.2) is 13.8 Å². The maximum Gasteiger partial charge on any atom is 0.267 e. The molecule has 0 amide bonds. The van der Waals surface area contributed by atoms with Crippen LogP contribution in [0.5, 0.6) is 0 Å². The Labute approximate surface area is 196 Å². The van der Waals surface area contributed by atoms with Crippen molar-refractivity contribution in [2.24, 2.45) is 0 Å². The number of anilines is 3. The van der Waals surface area contributed by atoms with Gasteiger partial charge in [0.25, 0.3) is 5.56 Å². The standard InChI is InChI=1S/C22H17ClF2N8O/c1-9-5-11(24)7-12(6-9)33-20(30-15-4-3-14(25)17(23)16(15)21(33)34)10(2)29-19-13(8-26)18(27)31-22(28)32-19/h3-7,10H,1-2H3,(H5,27,28,29,31,32). The Morgan fingerprint density at radius 3 is 2.59 bits per heavy atom. The quantitative estimate of drug-likeness (QED) is 0.399. The number of nitrogen functional groups attached to an aromatic ring is 2. The largest absolute Gasteiger partial charge is 0.382 e. The van der Waals surface area contributed by atoms with Crippen LogP contribution < -0.4 is 22.3 Å². The van der Waals surface area contributed by atoms with E-state index < -0.39 is 28.3 Å². The van der Waals surface area contributed by atoms with Gasteiger partial charge in [0.1, 0.15) is 34.9 Å². The number of fused-ring (bicyclic) bond motifs is 1. The molecule has 1 unspecified atom stereocenters. The first-order chi connectivity index (χ1) is 16.1. The topological polar surface area (TPSA) is 149 Å². The number of nitrogens with two attached hydrogens (primary N) is 2. The second-order valence-electron chi connectivity index (χ2n) is 7.52. The van der Waals surface area contributed by atoms with Crippen molar-refractivity contribution in [1.29, 1.82) is 5.26 Å². The van der Waals surface area contributed by atoms with Crippen molar-refractivity contribution in [1.82, 2.24) is 19.5 Å². The molecule has 0 bridgehead atoms. The number of hydrogen-bond acceptors (Lipinski definition) is 8. The van der Waals surface area contributed by atoms with Gasteiger partial charge in [-0.1, -0.05) is 11.6 Å². The Morgan fingerprint density at radius 1 is 1.18 bits per heavy atom. The van der Waals surface area contributed by atoms with E-state index in [1.165, 1.54) is 12.1 Å². The predicted molar refractivity (Wildman–Crippen MR) is 125 cm³/mol. The Kier molecular flexibility index (Phi) is 5.76. The Bertz CT molecular complexity index is 1540. The molecule has 172 valence electrons. The van der Waals surface area contributed by atoms with Gasteiger partial charge in [0, 0.05) is 0 Å². The van der Waals surface area contributed by atoms with E-state index in [2.05, 4.69) is 20.3 Å². The fraction of sp³-hybridized carbons (Fsp3) is 0.136. The van der Waals surface area contributed by atoms with Gasteiger partial charge in [-0.05, 0) is 49.7 Å². The average molecular weight is 483 g/mol. The molecule has 2 aromatic carbocycles. The zero-order valence-electron chi connectivity index (χ0n) is 17.9. The predicted octanol–water partition coefficient (Wildman–Crippen LogP) is 3.62. The van der Waals surface area contributed by atoms with Crippen LogP contribution >= 0.6 is 11.6 Å². The maximum absolute atomic E-state index is 14.3. The van der Waals surface area contributed by atoms with Crippen LogP contribution in [0, 0.1) is 29.9 Å². The summed E-state index contributed by atoms with van der Waals surface area (Å²) in [6.45, 7) is 3.29. The van der Waals surface area contributed by atoms with Gasteiger partial charge in [-0.2, -0.15) is 15.2 Å². The average Bonchev–Trinajstić information content (AvgIpc) is 2.75. The Balaban J connectivity index is 2.00. The molecule has 2 aromatic heterocycles. The van der Waals surface area contributed by atoms with E-state index in [9.17, 15) is 18.8 Å². The molecular weight excluding hydrogens is 466 g/mol. The van der Waals surface area contributed by atoms with Crippen LogP contribution in [0.2, 0.25) is 5.02 Å². The summed E-state index contributed by atoms with van der Waals surface area (Å²) in [4.78, 5) is 25.8. The van der Waals surface area contributed by atoms with Crippen molar-refractivity contribution in [3.05, 3.63) is 74.3 Å². The SMILES string of the molecule is Cc1cc(F)cc(-n2c(C(C)Nc3nc(N)nc(N)c3C#N)nc3ccc(F)c(Cl)c3c2=O)c1. The molecule has 12 heteroatoms. The lowest BCUT2D eigenvalue weighted by Gasteiger charge is -2.21. The van der Waals surface area contributed by atoms with Crippen LogP contribution in [0.4, 0.5) is 26.4 Å². The summed E-state index contributed by atoms with van der Waals surface area (Å²) in [5.41, 5.74) is 11.5. The van der Waals surface area contributed by atoms with Gasteiger partial charge < -0.3 is 16.8 Å². The third-order valence-corrected chi connectivity index (χ3v) is 5.42. The lowest BCUT2D eigenvalue weighted by atomic mass is 10.1. The van der Waals surface area contributed by atoms with Crippen molar-refractivity contribution in [3.63, 3.8) is 0 Å². The highest BCUT2D eigenvalue weighted by atomic mass is 35.5. The molecule has 1 atom stereocenters. The van der Waals surface area contributed by atoms with Crippen LogP contribution in [-0.4, -0.2) is 19.5 Å². The van der Waals surface area contributed by atoms with Crippen molar-refractivity contribution in [2.45, 2.75) is 19.9 Å². The zero-order chi connectivity index (χ0) is 24.7. The first-order valence-electron chi connectivity index (χ1n) is 9.88. The number of aryl methyl sites for hydroxylation is 1. The maximum atomic E-state index is 14.3. The van der Waals surface area contributed by atoms with Crippen LogP contribution in [-0.2, 0) is 0 Å². The third-order valence-electron chi connectivity index (χ3n) is 5.05. The highest BCUT2D eigenvalue weighted by Gasteiger charge is 2.23. The van der Waals surface area contributed by atoms with Crippen molar-refractivity contribution in [3.8, 4) is 11.8 Å². The minimum absolute atomic E-state index is 0.0217. The van der Waals surface area contributed by atoms with Gasteiger partial charge in [-0.3, -0.25) is 9.36 Å². The second kappa shape index (κ2) is 8.57. The van der Waals surface area contributed by atoms with E-state index in [4.69, 9.17) is 23.1 Å². The van der Waals surface area contributed by atoms with Crippen molar-refractivity contribution < 1.29 is 8.78 Å². The molecular formula is C22H17ClF2N8O. The van der Waals surface area contributed by atoms with E-state index in [-0.39, 0.29) is 45.6 Å². The number of halogens is 3. The summed E-state index contributed by atoms with van der Waals surface area (Å²) < 4.78 is 29.5. The van der Waals surface area contributed by atoms with Crippen molar-refractivity contribution in [2.75, 3.05) is 16.8 Å². The molecule has 4 aromatic rings. The van der Waals surface area contributed by atoms with Crippen LogP contribution in [0.1, 0.15) is 29.9 Å². The monoisotopic (exact) mass is 482 g/mol. The normalized spacial score (nSPS) is 11.9. The van der Waals surface area contributed by atoms with Crippen LogP contribution in [0.3, 0.4) is 0 Å². The molecule has 0 saturated heterocycles. The van der Waals surface area contributed by atoms with Gasteiger partial charge >= 0.3 is 0 Å². The summed E-state index contributed by atoms with van der Waals surface area (Å²) in [6.07, 6.45) is 0. The molecule has 0 fully saturated rings. The molecule has 5 N–H and O–H groups in total. The second-order valence-corrected chi connectivity index (χ2v) is 7.90. The summed E-state index contributed by atoms with van der Waals surface area (Å²) in [5.74, 6) is -1.53. The summed E-state index contributed by atoms with van der Waals surface area (Å²) in [6, 6.07) is 7.53. The molecule has 0 aliphatic heterocycles. The lowest BCUT2D eigenvalue weighted by Crippen LogP contribution is -2.28. The van der Waals surface area contributed by atoms with Gasteiger partial charge in [-0.15, -0.1) is 0 Å². The fourth-order valence-corrected chi connectivity index (χ4v) is 3.83. The minimum Gasteiger partial charge on any atom is -0.382 e. The van der Waals surface area contributed by atoms with Crippen LogP contribution in [0.25, 0.3) is 16.6 Å². The third kappa shape index (κ3) is 3.95. The smallest absolute Gasteiger partial charge is 0.267 e. The molecule has 34 heavy (non-hydrogen) atoms. The van der Waals surface area contributed by atoms with Gasteiger partial charge in [0.2, 0.25) is 5.95 Å². The Hall–Kier alpha value is -4.30. The minimum atomic E-state index is -0.792. The highest BCUT2D eigenvalue weighted by Crippen LogP contribution is 2.28. The molecule has 0 aliphatic rings. The van der Waals surface area contributed by atoms with Crippen molar-refractivity contribution >= 4 is 40.1 Å². The number of rotatable bonds is 4. The summed E-state index contributed by atoms with van der Waals surface area (Å²) in [5, 5.41) is 11.9. The van der Waals surface area contributed by atoms with Crippen LogP contribution in [0.15, 0.2) is 35.1 Å². The van der Waals surface area contributed by atoms with E-state index >= 15 is 0 Å². The molecule has 9 nitrogen and oxygen atoms in total. The zero-order valence-corrected chi connectivity index (χ0v) is 18.7. The molecule has 4 rings (SSSR count). The van der Waals surface area contributed by atoms with Gasteiger partial charge in [0.15, 0.2) is 5.82 Å². The molecule has 0 saturated carbocycles. The first-order valence-corrected chi connectivity index (χ1v) is 10.3. The molecule has 2 heterocycles. The van der Waals surface area contributed by atoms with E-state index in [1.54, 1.807) is 19.9 Å². The van der Waals surface area contributed by atoms with E-state index in [1.807, 2.05) is 6.07 Å². The molecule has 0 radical (unpaired) electrons. The number of nitrogens with zero attached hydrogens (tertiary/aromatic N) is 5. The first kappa shape index (κ1) is 22.9. The number of hydrogen-bond donors (Lipinski definition) is 3. The molecule has 0 spiro atoms. The number of benzene rings is 2. The molecule has 0 aliphatic carbocycles. The van der Waals surface area contributed by atoms with E-state index in [0.29, 0.717) is 5.56 Å². The lowest BCUT2D eigenvalue weighted by molar-refractivity contribution is 0.622. The number of nitriles is 1.